The van der Waals surface area contributed by atoms with Crippen molar-refractivity contribution in [3.8, 4) is 0 Å². The molecule has 144 valence electrons. The van der Waals surface area contributed by atoms with Crippen LogP contribution in [0.25, 0.3) is 0 Å². The Morgan fingerprint density at radius 3 is 2.44 bits per heavy atom. The maximum atomic E-state index is 12.1. The van der Waals surface area contributed by atoms with Crippen LogP contribution in [-0.2, 0) is 14.8 Å². The number of nitrogens with zero attached hydrogens (tertiary/aromatic N) is 1. The van der Waals surface area contributed by atoms with E-state index in [0.29, 0.717) is 41.4 Å². The first-order valence-corrected chi connectivity index (χ1v) is 10.1. The fourth-order valence-corrected chi connectivity index (χ4v) is 4.52. The normalized spacial score (nSPS) is 15.6. The molecule has 1 fully saturated rings. The van der Waals surface area contributed by atoms with Crippen LogP contribution in [-0.4, -0.2) is 39.1 Å². The minimum atomic E-state index is -3.23. The Balaban J connectivity index is 1.55. The van der Waals surface area contributed by atoms with Gasteiger partial charge in [-0.15, -0.1) is 0 Å². The van der Waals surface area contributed by atoms with Gasteiger partial charge in [-0.25, -0.2) is 8.42 Å². The molecule has 1 aliphatic heterocycles. The van der Waals surface area contributed by atoms with E-state index in [-0.39, 0.29) is 24.1 Å². The molecule has 0 bridgehead atoms. The van der Waals surface area contributed by atoms with Gasteiger partial charge < -0.3 is 15.1 Å². The van der Waals surface area contributed by atoms with E-state index < -0.39 is 10.0 Å². The fourth-order valence-electron chi connectivity index (χ4n) is 2.96. The molecule has 3 rings (SSSR count). The summed E-state index contributed by atoms with van der Waals surface area (Å²) in [7, 11) is -3.23. The van der Waals surface area contributed by atoms with E-state index in [1.807, 2.05) is 0 Å². The summed E-state index contributed by atoms with van der Waals surface area (Å²) in [6, 6.07) is 8.18. The zero-order valence-electron chi connectivity index (χ0n) is 15.1. The average molecular weight is 391 g/mol. The van der Waals surface area contributed by atoms with Gasteiger partial charge in [0.05, 0.1) is 23.5 Å². The third-order valence-electron chi connectivity index (χ3n) is 4.23. The number of aryl methyl sites for hydroxylation is 2. The largest absolute Gasteiger partial charge is 0.466 e. The maximum Gasteiger partial charge on any atom is 0.255 e. The molecule has 2 heterocycles. The van der Waals surface area contributed by atoms with E-state index in [0.717, 1.165) is 0 Å². The SMILES string of the molecule is Cc1cc(C(=O)NCC(=O)Nc2ccc(N3CCCS3(=O)=O)cc2)c(C)o1. The highest BCUT2D eigenvalue weighted by molar-refractivity contribution is 7.93. The molecule has 1 aromatic carbocycles. The lowest BCUT2D eigenvalue weighted by atomic mass is 10.2. The van der Waals surface area contributed by atoms with Crippen LogP contribution >= 0.6 is 0 Å². The minimum absolute atomic E-state index is 0.154. The second-order valence-electron chi connectivity index (χ2n) is 6.35. The summed E-state index contributed by atoms with van der Waals surface area (Å²) < 4.78 is 30.5. The zero-order valence-corrected chi connectivity index (χ0v) is 15.9. The van der Waals surface area contributed by atoms with Gasteiger partial charge in [0.15, 0.2) is 0 Å². The minimum Gasteiger partial charge on any atom is -0.466 e. The first kappa shape index (κ1) is 19.0. The fraction of sp³-hybridized carbons (Fsp3) is 0.333. The molecule has 0 aliphatic carbocycles. The van der Waals surface area contributed by atoms with Crippen molar-refractivity contribution >= 4 is 33.2 Å². The number of sulfonamides is 1. The number of carbonyl (C=O) groups is 2. The van der Waals surface area contributed by atoms with Gasteiger partial charge in [0.2, 0.25) is 15.9 Å². The molecule has 0 radical (unpaired) electrons. The van der Waals surface area contributed by atoms with Gasteiger partial charge in [-0.3, -0.25) is 13.9 Å². The van der Waals surface area contributed by atoms with Gasteiger partial charge in [-0.2, -0.15) is 0 Å². The average Bonchev–Trinajstić information content (AvgIpc) is 3.14. The first-order chi connectivity index (χ1) is 12.8. The number of rotatable bonds is 5. The second kappa shape index (κ2) is 7.43. The number of hydrogen-bond acceptors (Lipinski definition) is 5. The summed E-state index contributed by atoms with van der Waals surface area (Å²) in [5, 5.41) is 5.20. The summed E-state index contributed by atoms with van der Waals surface area (Å²) in [5.41, 5.74) is 1.49. The maximum absolute atomic E-state index is 12.1. The first-order valence-electron chi connectivity index (χ1n) is 8.52. The van der Waals surface area contributed by atoms with Crippen molar-refractivity contribution in [3.63, 3.8) is 0 Å². The Labute approximate surface area is 157 Å². The van der Waals surface area contributed by atoms with E-state index in [4.69, 9.17) is 4.42 Å². The zero-order chi connectivity index (χ0) is 19.6. The third kappa shape index (κ3) is 4.30. The summed E-state index contributed by atoms with van der Waals surface area (Å²) in [4.78, 5) is 24.1. The molecule has 2 amide bonds. The Morgan fingerprint density at radius 1 is 1.19 bits per heavy atom. The van der Waals surface area contributed by atoms with Crippen LogP contribution in [0.5, 0.6) is 0 Å². The lowest BCUT2D eigenvalue weighted by molar-refractivity contribution is -0.115. The lowest BCUT2D eigenvalue weighted by Gasteiger charge is -2.17. The molecular weight excluding hydrogens is 370 g/mol. The molecule has 2 aromatic rings. The van der Waals surface area contributed by atoms with Crippen molar-refractivity contribution < 1.29 is 22.4 Å². The molecule has 27 heavy (non-hydrogen) atoms. The van der Waals surface area contributed by atoms with Crippen LogP contribution in [0, 0.1) is 13.8 Å². The van der Waals surface area contributed by atoms with E-state index >= 15 is 0 Å². The number of carbonyl (C=O) groups excluding carboxylic acids is 2. The molecular formula is C18H21N3O5S. The van der Waals surface area contributed by atoms with Gasteiger partial charge in [0.25, 0.3) is 5.91 Å². The quantitative estimate of drug-likeness (QED) is 0.808. The van der Waals surface area contributed by atoms with Crippen molar-refractivity contribution in [2.24, 2.45) is 0 Å². The molecule has 1 aliphatic rings. The lowest BCUT2D eigenvalue weighted by Crippen LogP contribution is -2.33. The van der Waals surface area contributed by atoms with Gasteiger partial charge >= 0.3 is 0 Å². The Hall–Kier alpha value is -2.81. The monoisotopic (exact) mass is 391 g/mol. The topological polar surface area (TPSA) is 109 Å². The summed E-state index contributed by atoms with van der Waals surface area (Å²) in [6.45, 7) is 3.70. The van der Waals surface area contributed by atoms with Crippen LogP contribution in [0.2, 0.25) is 0 Å². The van der Waals surface area contributed by atoms with Gasteiger partial charge in [0, 0.05) is 12.2 Å². The predicted octanol–water partition coefficient (Wildman–Crippen LogP) is 1.80. The Kier molecular flexibility index (Phi) is 5.22. The number of amides is 2. The Bertz CT molecular complexity index is 963. The number of benzene rings is 1. The van der Waals surface area contributed by atoms with Crippen LogP contribution < -0.4 is 14.9 Å². The van der Waals surface area contributed by atoms with Crippen molar-refractivity contribution in [3.05, 3.63) is 47.4 Å². The standard InChI is InChI=1S/C18H21N3O5S/c1-12-10-16(13(2)26-12)18(23)19-11-17(22)20-14-4-6-15(7-5-14)21-8-3-9-27(21,24)25/h4-7,10H,3,8-9,11H2,1-2H3,(H,19,23)(H,20,22). The number of furan rings is 1. The van der Waals surface area contributed by atoms with Crippen LogP contribution in [0.4, 0.5) is 11.4 Å². The van der Waals surface area contributed by atoms with Crippen molar-refractivity contribution in [2.45, 2.75) is 20.3 Å². The third-order valence-corrected chi connectivity index (χ3v) is 6.10. The van der Waals surface area contributed by atoms with E-state index in [9.17, 15) is 18.0 Å². The molecule has 0 saturated carbocycles. The van der Waals surface area contributed by atoms with E-state index in [2.05, 4.69) is 10.6 Å². The molecule has 1 aromatic heterocycles. The molecule has 0 unspecified atom stereocenters. The Morgan fingerprint density at radius 2 is 1.89 bits per heavy atom. The van der Waals surface area contributed by atoms with Gasteiger partial charge in [0.1, 0.15) is 11.5 Å². The van der Waals surface area contributed by atoms with Crippen LogP contribution in [0.3, 0.4) is 0 Å². The highest BCUT2D eigenvalue weighted by Gasteiger charge is 2.28. The number of nitrogens with one attached hydrogen (secondary N) is 2. The van der Waals surface area contributed by atoms with Gasteiger partial charge in [-0.05, 0) is 50.6 Å². The molecule has 0 atom stereocenters. The van der Waals surface area contributed by atoms with Crippen molar-refractivity contribution in [2.75, 3.05) is 28.5 Å². The molecule has 1 saturated heterocycles. The van der Waals surface area contributed by atoms with Crippen molar-refractivity contribution in [1.82, 2.24) is 5.32 Å². The molecule has 8 nitrogen and oxygen atoms in total. The smallest absolute Gasteiger partial charge is 0.255 e. The molecule has 0 spiro atoms. The van der Waals surface area contributed by atoms with Crippen LogP contribution in [0.15, 0.2) is 34.7 Å². The number of hydrogen-bond donors (Lipinski definition) is 2. The summed E-state index contributed by atoms with van der Waals surface area (Å²) in [5.74, 6) is 0.512. The van der Waals surface area contributed by atoms with Crippen molar-refractivity contribution in [1.29, 1.82) is 0 Å². The second-order valence-corrected chi connectivity index (χ2v) is 8.36. The number of anilines is 2. The molecule has 2 N–H and O–H groups in total. The summed E-state index contributed by atoms with van der Waals surface area (Å²) in [6.07, 6.45) is 0.607. The van der Waals surface area contributed by atoms with Crippen LogP contribution in [0.1, 0.15) is 28.3 Å². The molecule has 9 heteroatoms. The predicted molar refractivity (Wildman–Crippen MR) is 101 cm³/mol. The van der Waals surface area contributed by atoms with E-state index in [1.165, 1.54) is 4.31 Å². The summed E-state index contributed by atoms with van der Waals surface area (Å²) >= 11 is 0. The highest BCUT2D eigenvalue weighted by atomic mass is 32.2. The highest BCUT2D eigenvalue weighted by Crippen LogP contribution is 2.25. The van der Waals surface area contributed by atoms with E-state index in [1.54, 1.807) is 44.2 Å². The van der Waals surface area contributed by atoms with Gasteiger partial charge in [-0.1, -0.05) is 0 Å².